The number of anilines is 2. The first-order chi connectivity index (χ1) is 15.1. The maximum absolute atomic E-state index is 11.7. The lowest BCUT2D eigenvalue weighted by Gasteiger charge is -2.11. The van der Waals surface area contributed by atoms with Crippen LogP contribution >= 0.6 is 23.1 Å². The number of hydrogen-bond donors (Lipinski definition) is 2. The first-order valence-electron chi connectivity index (χ1n) is 9.78. The van der Waals surface area contributed by atoms with Crippen molar-refractivity contribution in [3.63, 3.8) is 0 Å². The van der Waals surface area contributed by atoms with E-state index in [1.165, 1.54) is 20.5 Å². The molecular weight excluding hydrogens is 424 g/mol. The van der Waals surface area contributed by atoms with E-state index in [1.54, 1.807) is 35.2 Å². The summed E-state index contributed by atoms with van der Waals surface area (Å²) in [5.41, 5.74) is 9.81. The van der Waals surface area contributed by atoms with Gasteiger partial charge in [0.1, 0.15) is 0 Å². The van der Waals surface area contributed by atoms with Crippen molar-refractivity contribution in [1.29, 1.82) is 0 Å². The number of hydrogen-bond acceptors (Lipinski definition) is 5. The Balaban J connectivity index is 1.60. The van der Waals surface area contributed by atoms with Crippen LogP contribution in [0, 0.1) is 0 Å². The molecule has 5 aromatic rings. The summed E-state index contributed by atoms with van der Waals surface area (Å²) in [6.45, 7) is 0.668. The number of primary amides is 1. The number of nitrogens with zero attached hydrogens (tertiary/aromatic N) is 2. The number of thiophene rings is 1. The summed E-state index contributed by atoms with van der Waals surface area (Å²) in [6.07, 6.45) is 2.06. The number of amides is 1. The third-order valence-electron chi connectivity index (χ3n) is 5.27. The zero-order valence-electron chi connectivity index (χ0n) is 16.8. The Labute approximate surface area is 187 Å². The Hall–Kier alpha value is -3.29. The van der Waals surface area contributed by atoms with Gasteiger partial charge in [-0.25, -0.2) is 4.98 Å². The standard InChI is InChI=1S/C24H20N4OS2/c1-30-18-9-7-17(8-10-18)26-24-27-20-12-15(23(25)29)6-11-21(20)28(24)13-16-14-31-22-5-3-2-4-19(16)22/h2-12,14H,13H2,1H3,(H2,25,29)(H,26,27). The molecule has 0 spiro atoms. The normalized spacial score (nSPS) is 11.3. The Morgan fingerprint density at radius 2 is 1.94 bits per heavy atom. The summed E-state index contributed by atoms with van der Waals surface area (Å²) in [5, 5.41) is 6.90. The van der Waals surface area contributed by atoms with E-state index in [0.29, 0.717) is 12.1 Å². The van der Waals surface area contributed by atoms with Gasteiger partial charge in [-0.3, -0.25) is 4.79 Å². The molecule has 5 nitrogen and oxygen atoms in total. The van der Waals surface area contributed by atoms with Crippen molar-refractivity contribution in [1.82, 2.24) is 9.55 Å². The SMILES string of the molecule is CSc1ccc(Nc2nc3cc(C(N)=O)ccc3n2Cc2csc3ccccc23)cc1. The van der Waals surface area contributed by atoms with Crippen molar-refractivity contribution >= 4 is 61.8 Å². The molecule has 3 aromatic carbocycles. The summed E-state index contributed by atoms with van der Waals surface area (Å²) in [7, 11) is 0. The predicted molar refractivity (Wildman–Crippen MR) is 131 cm³/mol. The van der Waals surface area contributed by atoms with Gasteiger partial charge in [-0.2, -0.15) is 0 Å². The number of aromatic nitrogens is 2. The summed E-state index contributed by atoms with van der Waals surface area (Å²) in [4.78, 5) is 17.7. The summed E-state index contributed by atoms with van der Waals surface area (Å²) >= 11 is 3.45. The second-order valence-electron chi connectivity index (χ2n) is 7.20. The Kier molecular flexibility index (Phi) is 5.13. The fraction of sp³-hybridized carbons (Fsp3) is 0.0833. The average Bonchev–Trinajstić information content (AvgIpc) is 3.35. The van der Waals surface area contributed by atoms with Gasteiger partial charge in [0.25, 0.3) is 0 Å². The van der Waals surface area contributed by atoms with Crippen molar-refractivity contribution in [2.24, 2.45) is 5.73 Å². The number of fused-ring (bicyclic) bond motifs is 2. The van der Waals surface area contributed by atoms with E-state index >= 15 is 0 Å². The molecule has 0 aliphatic carbocycles. The van der Waals surface area contributed by atoms with Crippen LogP contribution in [0.1, 0.15) is 15.9 Å². The number of benzene rings is 3. The van der Waals surface area contributed by atoms with Crippen molar-refractivity contribution in [2.75, 3.05) is 11.6 Å². The molecule has 0 unspecified atom stereocenters. The van der Waals surface area contributed by atoms with Crippen LogP contribution in [-0.4, -0.2) is 21.7 Å². The second-order valence-corrected chi connectivity index (χ2v) is 8.99. The smallest absolute Gasteiger partial charge is 0.248 e. The minimum atomic E-state index is -0.456. The van der Waals surface area contributed by atoms with Crippen LogP contribution in [0.5, 0.6) is 0 Å². The fourth-order valence-electron chi connectivity index (χ4n) is 3.67. The van der Waals surface area contributed by atoms with Gasteiger partial charge in [-0.05, 0) is 71.1 Å². The van der Waals surface area contributed by atoms with Crippen LogP contribution in [-0.2, 0) is 6.54 Å². The molecule has 0 saturated carbocycles. The molecule has 0 aliphatic heterocycles. The zero-order chi connectivity index (χ0) is 21.4. The number of rotatable bonds is 6. The van der Waals surface area contributed by atoms with Crippen LogP contribution in [0.25, 0.3) is 21.1 Å². The quantitative estimate of drug-likeness (QED) is 0.322. The fourth-order valence-corrected chi connectivity index (χ4v) is 5.03. The van der Waals surface area contributed by atoms with Gasteiger partial charge in [0.15, 0.2) is 0 Å². The van der Waals surface area contributed by atoms with E-state index < -0.39 is 5.91 Å². The highest BCUT2D eigenvalue weighted by atomic mass is 32.2. The van der Waals surface area contributed by atoms with Crippen LogP contribution in [0.4, 0.5) is 11.6 Å². The van der Waals surface area contributed by atoms with Crippen LogP contribution in [0.3, 0.4) is 0 Å². The lowest BCUT2D eigenvalue weighted by Crippen LogP contribution is -2.10. The van der Waals surface area contributed by atoms with Crippen molar-refractivity contribution in [3.8, 4) is 0 Å². The van der Waals surface area contributed by atoms with Gasteiger partial charge in [0.2, 0.25) is 11.9 Å². The number of imidazole rings is 1. The largest absolute Gasteiger partial charge is 0.366 e. The topological polar surface area (TPSA) is 72.9 Å². The molecule has 1 amide bonds. The van der Waals surface area contributed by atoms with Gasteiger partial charge in [-0.15, -0.1) is 23.1 Å². The molecule has 0 fully saturated rings. The van der Waals surface area contributed by atoms with Crippen LogP contribution < -0.4 is 11.1 Å². The molecule has 0 saturated heterocycles. The third-order valence-corrected chi connectivity index (χ3v) is 7.02. The molecule has 0 aliphatic rings. The highest BCUT2D eigenvalue weighted by Crippen LogP contribution is 2.30. The zero-order valence-corrected chi connectivity index (χ0v) is 18.5. The van der Waals surface area contributed by atoms with E-state index in [1.807, 2.05) is 18.2 Å². The molecule has 0 radical (unpaired) electrons. The first-order valence-corrected chi connectivity index (χ1v) is 11.9. The van der Waals surface area contributed by atoms with Crippen molar-refractivity contribution in [2.45, 2.75) is 11.4 Å². The van der Waals surface area contributed by atoms with Gasteiger partial charge in [0, 0.05) is 20.8 Å². The minimum Gasteiger partial charge on any atom is -0.366 e. The van der Waals surface area contributed by atoms with E-state index in [9.17, 15) is 4.79 Å². The number of carbonyl (C=O) groups excluding carboxylic acids is 1. The Bertz CT molecular complexity index is 1400. The maximum Gasteiger partial charge on any atom is 0.248 e. The molecule has 2 heterocycles. The molecule has 7 heteroatoms. The Morgan fingerprint density at radius 3 is 2.71 bits per heavy atom. The summed E-state index contributed by atoms with van der Waals surface area (Å²) < 4.78 is 3.41. The molecule has 154 valence electrons. The minimum absolute atomic E-state index is 0.453. The highest BCUT2D eigenvalue weighted by Gasteiger charge is 2.15. The molecule has 5 rings (SSSR count). The van der Waals surface area contributed by atoms with Gasteiger partial charge < -0.3 is 15.6 Å². The van der Waals surface area contributed by atoms with Gasteiger partial charge >= 0.3 is 0 Å². The molecule has 2 aromatic heterocycles. The van der Waals surface area contributed by atoms with E-state index in [2.05, 4.69) is 57.9 Å². The number of thioether (sulfide) groups is 1. The second kappa shape index (κ2) is 8.09. The van der Waals surface area contributed by atoms with E-state index in [0.717, 1.165) is 22.7 Å². The van der Waals surface area contributed by atoms with Crippen LogP contribution in [0.15, 0.2) is 77.0 Å². The maximum atomic E-state index is 11.7. The van der Waals surface area contributed by atoms with Crippen molar-refractivity contribution < 1.29 is 4.79 Å². The first kappa shape index (κ1) is 19.7. The monoisotopic (exact) mass is 444 g/mol. The summed E-state index contributed by atoms with van der Waals surface area (Å²) in [5.74, 6) is 0.270. The molecular formula is C24H20N4OS2. The average molecular weight is 445 g/mol. The highest BCUT2D eigenvalue weighted by molar-refractivity contribution is 7.98. The number of nitrogens with two attached hydrogens (primary N) is 1. The summed E-state index contributed by atoms with van der Waals surface area (Å²) in [6, 6.07) is 22.1. The lowest BCUT2D eigenvalue weighted by atomic mass is 10.1. The van der Waals surface area contributed by atoms with Gasteiger partial charge in [0.05, 0.1) is 17.6 Å². The van der Waals surface area contributed by atoms with Crippen LogP contribution in [0.2, 0.25) is 0 Å². The van der Waals surface area contributed by atoms with E-state index in [4.69, 9.17) is 10.7 Å². The van der Waals surface area contributed by atoms with Gasteiger partial charge in [-0.1, -0.05) is 18.2 Å². The Morgan fingerprint density at radius 1 is 1.13 bits per heavy atom. The molecule has 31 heavy (non-hydrogen) atoms. The predicted octanol–water partition coefficient (Wildman–Crippen LogP) is 5.86. The van der Waals surface area contributed by atoms with Crippen molar-refractivity contribution in [3.05, 3.63) is 83.2 Å². The molecule has 3 N–H and O–H groups in total. The van der Waals surface area contributed by atoms with E-state index in [-0.39, 0.29) is 0 Å². The molecule has 0 atom stereocenters. The molecule has 0 bridgehead atoms. The number of nitrogens with one attached hydrogen (secondary N) is 1. The number of carbonyl (C=O) groups is 1. The third kappa shape index (κ3) is 3.78. The lowest BCUT2D eigenvalue weighted by molar-refractivity contribution is 0.100.